The summed E-state index contributed by atoms with van der Waals surface area (Å²) >= 11 is 1.44. The largest absolute Gasteiger partial charge is 0.478 e. The molecule has 11 heteroatoms. The fraction of sp³-hybridized carbons (Fsp3) is 0.233. The van der Waals surface area contributed by atoms with Gasteiger partial charge in [0.2, 0.25) is 0 Å². The summed E-state index contributed by atoms with van der Waals surface area (Å²) in [4.78, 5) is 37.8. The van der Waals surface area contributed by atoms with Crippen molar-refractivity contribution >= 4 is 29.7 Å². The monoisotopic (exact) mass is 746 g/mol. The van der Waals surface area contributed by atoms with Gasteiger partial charge in [0.15, 0.2) is 6.29 Å². The van der Waals surface area contributed by atoms with Gasteiger partial charge in [0.1, 0.15) is 6.04 Å². The van der Waals surface area contributed by atoms with E-state index in [4.69, 9.17) is 14.2 Å². The zero-order chi connectivity index (χ0) is 37.9. The van der Waals surface area contributed by atoms with Crippen LogP contribution in [0.1, 0.15) is 57.0 Å². The van der Waals surface area contributed by atoms with Crippen LogP contribution in [-0.2, 0) is 38.6 Å². The number of benzene rings is 5. The fourth-order valence-electron chi connectivity index (χ4n) is 6.28. The van der Waals surface area contributed by atoms with E-state index in [2.05, 4.69) is 10.6 Å². The Labute approximate surface area is 318 Å². The molecule has 0 aliphatic carbocycles. The number of hydrogen-bond acceptors (Lipinski definition) is 8. The zero-order valence-electron chi connectivity index (χ0n) is 29.7. The predicted octanol–water partition coefficient (Wildman–Crippen LogP) is 7.47. The van der Waals surface area contributed by atoms with Crippen LogP contribution in [0.25, 0.3) is 11.1 Å². The van der Waals surface area contributed by atoms with Crippen LogP contribution in [0, 0.1) is 0 Å². The third-order valence-electron chi connectivity index (χ3n) is 9.10. The average Bonchev–Trinajstić information content (AvgIpc) is 3.22. The lowest BCUT2D eigenvalue weighted by Crippen LogP contribution is -2.47. The van der Waals surface area contributed by atoms with Crippen LogP contribution in [-0.4, -0.2) is 53.2 Å². The normalized spacial score (nSPS) is 17.3. The topological polar surface area (TPSA) is 143 Å². The van der Waals surface area contributed by atoms with E-state index in [1.54, 1.807) is 18.2 Å². The van der Waals surface area contributed by atoms with Gasteiger partial charge >= 0.3 is 18.0 Å². The summed E-state index contributed by atoms with van der Waals surface area (Å²) in [6.45, 7) is 0.177. The van der Waals surface area contributed by atoms with E-state index in [0.29, 0.717) is 23.5 Å². The van der Waals surface area contributed by atoms with Gasteiger partial charge < -0.3 is 35.1 Å². The van der Waals surface area contributed by atoms with Crippen molar-refractivity contribution in [2.75, 3.05) is 12.9 Å². The van der Waals surface area contributed by atoms with Gasteiger partial charge in [0.25, 0.3) is 0 Å². The molecule has 5 aromatic rings. The summed E-state index contributed by atoms with van der Waals surface area (Å²) in [6, 6.07) is 38.5. The Kier molecular flexibility index (Phi) is 13.1. The standard InChI is InChI=1S/C43H42N2O8S/c1-51-41(49)37(22-28-9-3-2-4-10-28)45-43(50)44-25-30-11-7-12-32(21-30)33-13-8-14-34(23-33)42-52-35(27-54-39-16-6-5-15-36(39)40(47)48)24-38(53-42)31-19-17-29(26-46)18-20-31/h2-21,23,35,37-38,42,46H,22,24-27H2,1H3,(H,47,48)(H2,44,45,50)/t35-,37+,38+,42+/m1/s1. The molecule has 4 N–H and O–H groups in total. The van der Waals surface area contributed by atoms with Crippen molar-refractivity contribution in [3.05, 3.63) is 161 Å². The van der Waals surface area contributed by atoms with Crippen LogP contribution < -0.4 is 10.6 Å². The van der Waals surface area contributed by atoms with Gasteiger partial charge in [0, 0.05) is 35.6 Å². The molecule has 0 saturated carbocycles. The molecule has 0 unspecified atom stereocenters. The molecule has 4 atom stereocenters. The summed E-state index contributed by atoms with van der Waals surface area (Å²) in [7, 11) is 1.30. The molecule has 5 aromatic carbocycles. The minimum atomic E-state index is -0.975. The van der Waals surface area contributed by atoms with E-state index in [-0.39, 0.29) is 30.9 Å². The lowest BCUT2D eigenvalue weighted by molar-refractivity contribution is -0.245. The highest BCUT2D eigenvalue weighted by Crippen LogP contribution is 2.40. The molecule has 1 fully saturated rings. The number of urea groups is 1. The highest BCUT2D eigenvalue weighted by Gasteiger charge is 2.33. The predicted molar refractivity (Wildman–Crippen MR) is 206 cm³/mol. The minimum Gasteiger partial charge on any atom is -0.478 e. The van der Waals surface area contributed by atoms with Crippen molar-refractivity contribution in [3.63, 3.8) is 0 Å². The Morgan fingerprint density at radius 3 is 2.24 bits per heavy atom. The Bertz CT molecular complexity index is 2040. The van der Waals surface area contributed by atoms with E-state index >= 15 is 0 Å². The molecule has 54 heavy (non-hydrogen) atoms. The highest BCUT2D eigenvalue weighted by atomic mass is 32.2. The van der Waals surface area contributed by atoms with Gasteiger partial charge in [-0.05, 0) is 57.6 Å². The average molecular weight is 747 g/mol. The second kappa shape index (κ2) is 18.5. The third kappa shape index (κ3) is 10.1. The van der Waals surface area contributed by atoms with E-state index in [1.165, 1.54) is 18.9 Å². The maximum Gasteiger partial charge on any atom is 0.336 e. The Morgan fingerprint density at radius 2 is 1.50 bits per heavy atom. The van der Waals surface area contributed by atoms with E-state index in [1.807, 2.05) is 109 Å². The van der Waals surface area contributed by atoms with E-state index in [9.17, 15) is 24.6 Å². The summed E-state index contributed by atoms with van der Waals surface area (Å²) in [5.41, 5.74) is 6.45. The molecule has 10 nitrogen and oxygen atoms in total. The number of thioether (sulfide) groups is 1. The number of amides is 2. The summed E-state index contributed by atoms with van der Waals surface area (Å²) in [5.74, 6) is -0.984. The number of aromatic carboxylic acids is 1. The molecular weight excluding hydrogens is 705 g/mol. The van der Waals surface area contributed by atoms with Crippen molar-refractivity contribution in [2.45, 2.75) is 55.4 Å². The number of aliphatic hydroxyl groups is 1. The van der Waals surface area contributed by atoms with Crippen LogP contribution in [0.3, 0.4) is 0 Å². The van der Waals surface area contributed by atoms with Crippen molar-refractivity contribution in [1.82, 2.24) is 10.6 Å². The van der Waals surface area contributed by atoms with Crippen LogP contribution >= 0.6 is 11.8 Å². The van der Waals surface area contributed by atoms with Crippen LogP contribution in [0.4, 0.5) is 4.79 Å². The second-order valence-corrected chi connectivity index (χ2v) is 13.9. The smallest absolute Gasteiger partial charge is 0.336 e. The lowest BCUT2D eigenvalue weighted by atomic mass is 9.99. The first-order valence-corrected chi connectivity index (χ1v) is 18.6. The molecule has 1 aliphatic heterocycles. The zero-order valence-corrected chi connectivity index (χ0v) is 30.5. The van der Waals surface area contributed by atoms with Gasteiger partial charge in [-0.2, -0.15) is 0 Å². The summed E-state index contributed by atoms with van der Waals surface area (Å²) < 4.78 is 18.0. The number of carbonyl (C=O) groups excluding carboxylic acids is 2. The molecule has 0 radical (unpaired) electrons. The Balaban J connectivity index is 1.15. The van der Waals surface area contributed by atoms with Gasteiger partial charge in [-0.3, -0.25) is 0 Å². The van der Waals surface area contributed by atoms with Crippen LogP contribution in [0.5, 0.6) is 0 Å². The number of methoxy groups -OCH3 is 1. The maximum atomic E-state index is 12.9. The quantitative estimate of drug-likeness (QED) is 0.0673. The summed E-state index contributed by atoms with van der Waals surface area (Å²) in [6.07, 6.45) is -0.391. The summed E-state index contributed by atoms with van der Waals surface area (Å²) in [5, 5.41) is 24.9. The van der Waals surface area contributed by atoms with Crippen molar-refractivity contribution < 1.29 is 38.8 Å². The number of carbonyl (C=O) groups is 3. The number of hydrogen-bond donors (Lipinski definition) is 4. The molecule has 278 valence electrons. The van der Waals surface area contributed by atoms with Gasteiger partial charge in [0.05, 0.1) is 31.5 Å². The first kappa shape index (κ1) is 38.3. The molecule has 0 bridgehead atoms. The lowest BCUT2D eigenvalue weighted by Gasteiger charge is -2.36. The molecule has 0 aromatic heterocycles. The van der Waals surface area contributed by atoms with Crippen LogP contribution in [0.2, 0.25) is 0 Å². The molecule has 2 amide bonds. The van der Waals surface area contributed by atoms with E-state index < -0.39 is 30.3 Å². The number of nitrogens with one attached hydrogen (secondary N) is 2. The van der Waals surface area contributed by atoms with Crippen molar-refractivity contribution in [2.24, 2.45) is 0 Å². The van der Waals surface area contributed by atoms with Gasteiger partial charge in [-0.25, -0.2) is 14.4 Å². The first-order chi connectivity index (χ1) is 26.3. The van der Waals surface area contributed by atoms with Crippen LogP contribution in [0.15, 0.2) is 132 Å². The number of carboxylic acids is 1. The number of ether oxygens (including phenoxy) is 3. The SMILES string of the molecule is COC(=O)[C@H](Cc1ccccc1)NC(=O)NCc1cccc(-c2cccc([C@H]3O[C@@H](CSc4ccccc4C(=O)O)C[C@@H](c4ccc(CO)cc4)O3)c2)c1. The number of esters is 1. The number of rotatable bonds is 14. The molecule has 1 heterocycles. The van der Waals surface area contributed by atoms with Gasteiger partial charge in [-0.15, -0.1) is 11.8 Å². The third-order valence-corrected chi connectivity index (χ3v) is 10.3. The van der Waals surface area contributed by atoms with Crippen molar-refractivity contribution in [3.8, 4) is 11.1 Å². The second-order valence-electron chi connectivity index (χ2n) is 12.9. The molecule has 0 spiro atoms. The molecule has 6 rings (SSSR count). The first-order valence-electron chi connectivity index (χ1n) is 17.6. The Hall–Kier alpha value is -5.46. The highest BCUT2D eigenvalue weighted by molar-refractivity contribution is 7.99. The minimum absolute atomic E-state index is 0.0539. The fourth-order valence-corrected chi connectivity index (χ4v) is 7.34. The molecule has 1 saturated heterocycles. The molecule has 1 aliphatic rings. The maximum absolute atomic E-state index is 12.9. The number of aliphatic hydroxyl groups excluding tert-OH is 1. The van der Waals surface area contributed by atoms with Gasteiger partial charge in [-0.1, -0.05) is 103 Å². The van der Waals surface area contributed by atoms with E-state index in [0.717, 1.165) is 38.9 Å². The molecular formula is C43H42N2O8S. The number of carboxylic acid groups (broad SMARTS) is 1. The van der Waals surface area contributed by atoms with Crippen molar-refractivity contribution in [1.29, 1.82) is 0 Å². The Morgan fingerprint density at radius 1 is 0.796 bits per heavy atom.